The maximum Gasteiger partial charge on any atom is 0.254 e. The van der Waals surface area contributed by atoms with Gasteiger partial charge in [-0.05, 0) is 64.6 Å². The second-order valence-electron chi connectivity index (χ2n) is 11.4. The fourth-order valence-corrected chi connectivity index (χ4v) is 6.02. The number of fused-ring (bicyclic) bond motifs is 1. The van der Waals surface area contributed by atoms with Crippen molar-refractivity contribution < 1.29 is 10.3 Å². The van der Waals surface area contributed by atoms with Crippen LogP contribution in [-0.4, -0.2) is 53.8 Å². The molecule has 1 unspecified atom stereocenters. The van der Waals surface area contributed by atoms with Crippen LogP contribution >= 0.6 is 0 Å². The number of nitrogens with one attached hydrogen (secondary N) is 3. The van der Waals surface area contributed by atoms with E-state index < -0.39 is 12.1 Å². The Balaban J connectivity index is 0.00000384. The van der Waals surface area contributed by atoms with Gasteiger partial charge in [-0.2, -0.15) is 0 Å². The van der Waals surface area contributed by atoms with Crippen LogP contribution in [0.2, 0.25) is 0 Å². The van der Waals surface area contributed by atoms with E-state index in [2.05, 4.69) is 79.1 Å². The van der Waals surface area contributed by atoms with Crippen molar-refractivity contribution in [3.8, 4) is 22.5 Å². The lowest BCUT2D eigenvalue weighted by Gasteiger charge is -2.28. The Morgan fingerprint density at radius 2 is 1.82 bits per heavy atom. The molecule has 1 saturated carbocycles. The van der Waals surface area contributed by atoms with Crippen LogP contribution in [0.3, 0.4) is 0 Å². The number of hydrogen-bond donors (Lipinski definition) is 4. The number of hydrogen-bond acceptors (Lipinski definition) is 7. The van der Waals surface area contributed by atoms with Gasteiger partial charge in [0, 0.05) is 30.3 Å². The second-order valence-corrected chi connectivity index (χ2v) is 11.4. The van der Waals surface area contributed by atoms with Gasteiger partial charge >= 0.3 is 0 Å². The Morgan fingerprint density at radius 1 is 1.05 bits per heavy atom. The lowest BCUT2D eigenvalue weighted by molar-refractivity contribution is -0.119. The molecule has 0 saturated heterocycles. The van der Waals surface area contributed by atoms with Crippen molar-refractivity contribution in [2.24, 2.45) is 5.73 Å². The van der Waals surface area contributed by atoms with Gasteiger partial charge in [-0.25, -0.2) is 10.1 Å². The predicted molar refractivity (Wildman–Crippen MR) is 173 cm³/mol. The molecule has 11 nitrogen and oxygen atoms in total. The number of unbranched alkanes of at least 4 members (excludes halogenated alkanes) is 1. The molecule has 0 radical (unpaired) electrons. The molecule has 0 aliphatic heterocycles. The quantitative estimate of drug-likeness (QED) is 0.153. The maximum absolute atomic E-state index is 12.4. The van der Waals surface area contributed by atoms with Gasteiger partial charge in [-0.3, -0.25) is 10.1 Å². The maximum atomic E-state index is 12.4. The summed E-state index contributed by atoms with van der Waals surface area (Å²) in [5, 5.41) is 21.3. The number of primary amides is 1. The fraction of sp³-hybridized carbons (Fsp3) is 0.364. The molecule has 1 atom stereocenters. The van der Waals surface area contributed by atoms with E-state index in [1.807, 2.05) is 30.3 Å². The third-order valence-electron chi connectivity index (χ3n) is 8.32. The molecular weight excluding hydrogens is 554 g/mol. The summed E-state index contributed by atoms with van der Waals surface area (Å²) in [6, 6.07) is 23.1. The van der Waals surface area contributed by atoms with Crippen LogP contribution in [0.1, 0.15) is 63.3 Å². The van der Waals surface area contributed by atoms with Crippen LogP contribution < -0.4 is 16.4 Å². The minimum Gasteiger partial charge on any atom is -0.412 e. The first kappa shape index (κ1) is 30.8. The van der Waals surface area contributed by atoms with Crippen molar-refractivity contribution >= 4 is 22.6 Å². The van der Waals surface area contributed by atoms with Gasteiger partial charge in [0.25, 0.3) is 5.91 Å². The lowest BCUT2D eigenvalue weighted by atomic mass is 9.95. The van der Waals surface area contributed by atoms with E-state index in [9.17, 15) is 4.79 Å². The topological polar surface area (TPSA) is 171 Å². The van der Waals surface area contributed by atoms with Crippen molar-refractivity contribution in [2.45, 2.75) is 77.0 Å². The molecule has 230 valence electrons. The number of nitrogens with two attached hydrogens (primary N) is 1. The molecule has 44 heavy (non-hydrogen) atoms. The number of nitrogens with zero attached hydrogens (tertiary/aromatic N) is 5. The number of aryl methyl sites for hydroxylation is 1. The number of carbonyl (C=O) groups excluding carboxylic acids is 1. The third kappa shape index (κ3) is 6.95. The summed E-state index contributed by atoms with van der Waals surface area (Å²) in [6.07, 6.45) is 8.19. The number of aromatic nitrogens is 6. The van der Waals surface area contributed by atoms with Crippen LogP contribution in [0.15, 0.2) is 66.7 Å². The van der Waals surface area contributed by atoms with Crippen molar-refractivity contribution in [1.82, 2.24) is 35.5 Å². The molecule has 0 spiro atoms. The second kappa shape index (κ2) is 14.2. The zero-order valence-electron chi connectivity index (χ0n) is 25.1. The van der Waals surface area contributed by atoms with E-state index >= 15 is 0 Å². The number of carbonyl (C=O) groups is 1. The van der Waals surface area contributed by atoms with Crippen LogP contribution in [0.4, 0.5) is 5.69 Å². The average Bonchev–Trinajstić information content (AvgIpc) is 3.69. The minimum atomic E-state index is -0.625. The summed E-state index contributed by atoms with van der Waals surface area (Å²) in [5.41, 5.74) is 12.9. The third-order valence-corrected chi connectivity index (χ3v) is 8.32. The summed E-state index contributed by atoms with van der Waals surface area (Å²) in [5.74, 6) is 1.30. The largest absolute Gasteiger partial charge is 0.412 e. The highest BCUT2D eigenvalue weighted by Crippen LogP contribution is 2.30. The molecule has 0 bridgehead atoms. The van der Waals surface area contributed by atoms with E-state index in [0.717, 1.165) is 71.3 Å². The van der Waals surface area contributed by atoms with E-state index in [0.29, 0.717) is 18.4 Å². The summed E-state index contributed by atoms with van der Waals surface area (Å²) in [7, 11) is 0. The molecule has 6 rings (SSSR count). The molecule has 2 heterocycles. The molecule has 1 aliphatic rings. The summed E-state index contributed by atoms with van der Waals surface area (Å²) in [4.78, 5) is 17.4. The van der Waals surface area contributed by atoms with Crippen LogP contribution in [0.25, 0.3) is 33.5 Å². The van der Waals surface area contributed by atoms with Gasteiger partial charge in [-0.1, -0.05) is 81.1 Å². The van der Waals surface area contributed by atoms with E-state index in [1.165, 1.54) is 24.8 Å². The van der Waals surface area contributed by atoms with Gasteiger partial charge in [-0.15, -0.1) is 5.10 Å². The number of imidazole rings is 1. The number of rotatable bonds is 12. The first-order valence-corrected chi connectivity index (χ1v) is 15.3. The summed E-state index contributed by atoms with van der Waals surface area (Å²) < 4.78 is 2.30. The number of amides is 1. The van der Waals surface area contributed by atoms with Crippen LogP contribution in [-0.2, 0) is 17.8 Å². The Hall–Kier alpha value is -4.61. The van der Waals surface area contributed by atoms with Crippen LogP contribution in [0, 0.1) is 0 Å². The number of H-pyrrole nitrogens is 1. The Morgan fingerprint density at radius 3 is 2.52 bits per heavy atom. The molecule has 5 aromatic rings. The normalized spacial score (nSPS) is 14.3. The monoisotopic (exact) mass is 595 g/mol. The molecule has 7 N–H and O–H groups in total. The first-order chi connectivity index (χ1) is 21.1. The molecule has 3 aromatic carbocycles. The van der Waals surface area contributed by atoms with Crippen LogP contribution in [0.5, 0.6) is 0 Å². The average molecular weight is 596 g/mol. The first-order valence-electron chi connectivity index (χ1n) is 15.3. The molecule has 1 fully saturated rings. The Kier molecular flexibility index (Phi) is 9.98. The number of anilines is 1. The zero-order chi connectivity index (χ0) is 29.6. The SMILES string of the molecule is CCCCc1nc2ccc(NC(NC3CCCCC3)C(N)=O)cc2n1Cc1ccc(-c2ccccc2-c2nnn[nH]2)cc1.O. The number of tetrazole rings is 1. The van der Waals surface area contributed by atoms with Crippen molar-refractivity contribution in [3.63, 3.8) is 0 Å². The Bertz CT molecular complexity index is 1660. The number of aromatic amines is 1. The fourth-order valence-electron chi connectivity index (χ4n) is 6.02. The molecule has 2 aromatic heterocycles. The summed E-state index contributed by atoms with van der Waals surface area (Å²) in [6.45, 7) is 2.89. The van der Waals surface area contributed by atoms with E-state index in [4.69, 9.17) is 10.7 Å². The van der Waals surface area contributed by atoms with Gasteiger partial charge in [0.2, 0.25) is 0 Å². The van der Waals surface area contributed by atoms with Gasteiger partial charge in [0.1, 0.15) is 5.82 Å². The number of benzene rings is 3. The van der Waals surface area contributed by atoms with Gasteiger partial charge in [0.05, 0.1) is 11.0 Å². The van der Waals surface area contributed by atoms with Gasteiger partial charge in [0.15, 0.2) is 12.0 Å². The van der Waals surface area contributed by atoms with E-state index in [-0.39, 0.29) is 5.48 Å². The van der Waals surface area contributed by atoms with Crippen molar-refractivity contribution in [1.29, 1.82) is 0 Å². The molecule has 11 heteroatoms. The van der Waals surface area contributed by atoms with E-state index in [1.54, 1.807) is 0 Å². The smallest absolute Gasteiger partial charge is 0.254 e. The Labute approximate surface area is 257 Å². The van der Waals surface area contributed by atoms with Crippen molar-refractivity contribution in [3.05, 3.63) is 78.1 Å². The van der Waals surface area contributed by atoms with Crippen molar-refractivity contribution in [2.75, 3.05) is 5.32 Å². The highest BCUT2D eigenvalue weighted by atomic mass is 16.1. The lowest BCUT2D eigenvalue weighted by Crippen LogP contribution is -2.51. The zero-order valence-corrected chi connectivity index (χ0v) is 25.1. The van der Waals surface area contributed by atoms with Gasteiger partial charge < -0.3 is 21.1 Å². The molecule has 1 amide bonds. The minimum absolute atomic E-state index is 0. The highest BCUT2D eigenvalue weighted by molar-refractivity contribution is 5.85. The highest BCUT2D eigenvalue weighted by Gasteiger charge is 2.22. The molecule has 1 aliphatic carbocycles. The summed E-state index contributed by atoms with van der Waals surface area (Å²) >= 11 is 0. The molecular formula is C33H41N9O2. The standard InChI is InChI=1S/C33H39N9O.H2O/c1-2-3-13-30-37-28-19-18-25(36-33(31(34)43)35-24-9-5-4-6-10-24)20-29(28)42(30)21-22-14-16-23(17-15-22)26-11-7-8-12-27(26)32-38-40-41-39-32;/h7-8,11-12,14-20,24,33,35-36H,2-6,9-10,13,21H2,1H3,(H2,34,43)(H,38,39,40,41);1H2. The predicted octanol–water partition coefficient (Wildman–Crippen LogP) is 4.60.